The quantitative estimate of drug-likeness (QED) is 0.521. The van der Waals surface area contributed by atoms with E-state index in [1.54, 1.807) is 12.1 Å². The van der Waals surface area contributed by atoms with Crippen LogP contribution >= 0.6 is 0 Å². The number of rotatable bonds is 3. The molecule has 0 amide bonds. The highest BCUT2D eigenvalue weighted by atomic mass is 19.1. The van der Waals surface area contributed by atoms with Gasteiger partial charge < -0.3 is 14.6 Å². The maximum atomic E-state index is 12.4. The van der Waals surface area contributed by atoms with Crippen molar-refractivity contribution in [3.63, 3.8) is 0 Å². The lowest BCUT2D eigenvalue weighted by Crippen LogP contribution is -2.01. The van der Waals surface area contributed by atoms with Gasteiger partial charge in [-0.15, -0.1) is 0 Å². The fraction of sp³-hybridized carbons (Fsp3) is 0.188. The zero-order valence-corrected chi connectivity index (χ0v) is 12.4. The molecule has 0 fully saturated rings. The first-order chi connectivity index (χ1) is 10.9. The van der Waals surface area contributed by atoms with E-state index in [9.17, 15) is 24.4 Å². The van der Waals surface area contributed by atoms with Gasteiger partial charge in [0.25, 0.3) is 0 Å². The molecule has 0 radical (unpaired) electrons. The van der Waals surface area contributed by atoms with Crippen LogP contribution in [0.4, 0.5) is 10.1 Å². The van der Waals surface area contributed by atoms with E-state index in [4.69, 9.17) is 4.74 Å². The minimum atomic E-state index is -0.799. The number of benzene rings is 2. The van der Waals surface area contributed by atoms with Crippen LogP contribution in [0, 0.1) is 15.9 Å². The SMILES string of the molecule is C.COC(=O)c1cccc(OC)c1O.O=[N+]([O-])c1ccccc1F. The third-order valence-electron chi connectivity index (χ3n) is 2.67. The number of halogens is 1. The van der Waals surface area contributed by atoms with Crippen molar-refractivity contribution in [2.24, 2.45) is 0 Å². The van der Waals surface area contributed by atoms with E-state index in [0.29, 0.717) is 0 Å². The molecule has 130 valence electrons. The zero-order chi connectivity index (χ0) is 17.4. The second-order valence-electron chi connectivity index (χ2n) is 4.06. The van der Waals surface area contributed by atoms with E-state index < -0.39 is 22.4 Å². The monoisotopic (exact) mass is 339 g/mol. The van der Waals surface area contributed by atoms with Crippen LogP contribution < -0.4 is 4.74 Å². The van der Waals surface area contributed by atoms with Crippen molar-refractivity contribution in [1.82, 2.24) is 0 Å². The van der Waals surface area contributed by atoms with Gasteiger partial charge in [0.05, 0.1) is 19.1 Å². The first-order valence-electron chi connectivity index (χ1n) is 6.25. The summed E-state index contributed by atoms with van der Waals surface area (Å²) < 4.78 is 21.7. The number of phenolic OH excluding ortho intramolecular Hbond substituents is 1. The first kappa shape index (κ1) is 20.8. The predicted octanol–water partition coefficient (Wildman–Crippen LogP) is 3.56. The van der Waals surface area contributed by atoms with Crippen molar-refractivity contribution in [3.8, 4) is 11.5 Å². The Hall–Kier alpha value is -3.16. The van der Waals surface area contributed by atoms with Crippen LogP contribution in [0.1, 0.15) is 17.8 Å². The number of methoxy groups -OCH3 is 2. The van der Waals surface area contributed by atoms with Gasteiger partial charge in [-0.05, 0) is 18.2 Å². The fourth-order valence-corrected chi connectivity index (χ4v) is 1.56. The molecular weight excluding hydrogens is 321 g/mol. The number of aromatic hydroxyl groups is 1. The smallest absolute Gasteiger partial charge is 0.341 e. The van der Waals surface area contributed by atoms with Crippen molar-refractivity contribution in [3.05, 3.63) is 64.0 Å². The van der Waals surface area contributed by atoms with Gasteiger partial charge in [-0.3, -0.25) is 10.1 Å². The molecule has 0 aromatic heterocycles. The molecule has 2 rings (SSSR count). The molecule has 8 heteroatoms. The number of nitro groups is 1. The Morgan fingerprint density at radius 1 is 1.17 bits per heavy atom. The minimum absolute atomic E-state index is 0. The third-order valence-corrected chi connectivity index (χ3v) is 2.67. The van der Waals surface area contributed by atoms with Gasteiger partial charge in [0.2, 0.25) is 5.82 Å². The van der Waals surface area contributed by atoms with E-state index in [0.717, 1.165) is 12.1 Å². The molecule has 0 heterocycles. The van der Waals surface area contributed by atoms with Crippen LogP contribution in [-0.2, 0) is 4.74 Å². The molecular formula is C16H18FNO6. The fourth-order valence-electron chi connectivity index (χ4n) is 1.56. The number of phenols is 1. The Morgan fingerprint density at radius 2 is 1.79 bits per heavy atom. The lowest BCUT2D eigenvalue weighted by molar-refractivity contribution is -0.387. The van der Waals surface area contributed by atoms with Gasteiger partial charge in [0.15, 0.2) is 11.5 Å². The van der Waals surface area contributed by atoms with Crippen LogP contribution in [0.25, 0.3) is 0 Å². The molecule has 2 aromatic carbocycles. The maximum Gasteiger partial charge on any atom is 0.341 e. The highest BCUT2D eigenvalue weighted by molar-refractivity contribution is 5.93. The average molecular weight is 339 g/mol. The zero-order valence-electron chi connectivity index (χ0n) is 12.4. The number of nitro benzene ring substituents is 1. The largest absolute Gasteiger partial charge is 0.504 e. The van der Waals surface area contributed by atoms with Gasteiger partial charge in [-0.2, -0.15) is 4.39 Å². The van der Waals surface area contributed by atoms with Crippen molar-refractivity contribution < 1.29 is 28.7 Å². The molecule has 0 atom stereocenters. The topological polar surface area (TPSA) is 98.9 Å². The van der Waals surface area contributed by atoms with Gasteiger partial charge in [0, 0.05) is 6.07 Å². The molecule has 0 aliphatic rings. The van der Waals surface area contributed by atoms with E-state index in [1.165, 1.54) is 32.4 Å². The van der Waals surface area contributed by atoms with Crippen LogP contribution in [-0.4, -0.2) is 30.2 Å². The number of esters is 1. The Kier molecular flexibility index (Phi) is 8.49. The van der Waals surface area contributed by atoms with Gasteiger partial charge in [-0.25, -0.2) is 4.79 Å². The first-order valence-corrected chi connectivity index (χ1v) is 6.25. The Labute approximate surface area is 138 Å². The summed E-state index contributed by atoms with van der Waals surface area (Å²) in [5.74, 6) is -1.33. The molecule has 0 saturated heterocycles. The van der Waals surface area contributed by atoms with Crippen molar-refractivity contribution in [1.29, 1.82) is 0 Å². The molecule has 1 N–H and O–H groups in total. The number of nitrogens with zero attached hydrogens (tertiary/aromatic N) is 1. The summed E-state index contributed by atoms with van der Waals surface area (Å²) in [6, 6.07) is 9.62. The number of para-hydroxylation sites is 2. The third kappa shape index (κ3) is 5.24. The highest BCUT2D eigenvalue weighted by Gasteiger charge is 2.14. The Bertz CT molecular complexity index is 705. The highest BCUT2D eigenvalue weighted by Crippen LogP contribution is 2.29. The Balaban J connectivity index is 0.000000436. The van der Waals surface area contributed by atoms with E-state index in [-0.39, 0.29) is 24.5 Å². The van der Waals surface area contributed by atoms with Crippen LogP contribution in [0.5, 0.6) is 11.5 Å². The van der Waals surface area contributed by atoms with Crippen LogP contribution in [0.2, 0.25) is 0 Å². The molecule has 0 unspecified atom stereocenters. The maximum absolute atomic E-state index is 12.4. The summed E-state index contributed by atoms with van der Waals surface area (Å²) in [7, 11) is 2.66. The molecule has 0 aliphatic heterocycles. The summed E-state index contributed by atoms with van der Waals surface area (Å²) >= 11 is 0. The number of hydrogen-bond acceptors (Lipinski definition) is 6. The summed E-state index contributed by atoms with van der Waals surface area (Å²) in [4.78, 5) is 20.3. The van der Waals surface area contributed by atoms with Gasteiger partial charge in [-0.1, -0.05) is 25.6 Å². The Morgan fingerprint density at radius 3 is 2.25 bits per heavy atom. The van der Waals surface area contributed by atoms with E-state index >= 15 is 0 Å². The second-order valence-corrected chi connectivity index (χ2v) is 4.06. The van der Waals surface area contributed by atoms with Crippen LogP contribution in [0.15, 0.2) is 42.5 Å². The lowest BCUT2D eigenvalue weighted by atomic mass is 10.2. The molecule has 24 heavy (non-hydrogen) atoms. The molecule has 0 aliphatic carbocycles. The summed E-state index contributed by atoms with van der Waals surface area (Å²) in [5, 5.41) is 19.5. The predicted molar refractivity (Wildman–Crippen MR) is 85.8 cm³/mol. The van der Waals surface area contributed by atoms with Crippen molar-refractivity contribution >= 4 is 11.7 Å². The van der Waals surface area contributed by atoms with Gasteiger partial charge >= 0.3 is 11.7 Å². The normalized spacial score (nSPS) is 8.96. The molecule has 7 nitrogen and oxygen atoms in total. The summed E-state index contributed by atoms with van der Waals surface area (Å²) in [6.07, 6.45) is 0. The van der Waals surface area contributed by atoms with E-state index in [1.807, 2.05) is 0 Å². The number of hydrogen-bond donors (Lipinski definition) is 1. The number of carbonyl (C=O) groups is 1. The van der Waals surface area contributed by atoms with Crippen LogP contribution in [0.3, 0.4) is 0 Å². The number of carbonyl (C=O) groups excluding carboxylic acids is 1. The standard InChI is InChI=1S/C9H10O4.C6H4FNO2.CH4/c1-12-7-5-3-4-6(8(7)10)9(11)13-2;7-5-3-1-2-4-6(5)8(9)10;/h3-5,10H,1-2H3;1-4H;1H4. The molecule has 0 spiro atoms. The average Bonchev–Trinajstić information content (AvgIpc) is 2.55. The molecule has 0 bridgehead atoms. The van der Waals surface area contributed by atoms with Gasteiger partial charge in [0.1, 0.15) is 5.56 Å². The number of ether oxygens (including phenoxy) is 2. The van der Waals surface area contributed by atoms with Crippen molar-refractivity contribution in [2.45, 2.75) is 7.43 Å². The summed E-state index contributed by atoms with van der Waals surface area (Å²) in [6.45, 7) is 0. The summed E-state index contributed by atoms with van der Waals surface area (Å²) in [5.41, 5.74) is -0.385. The lowest BCUT2D eigenvalue weighted by Gasteiger charge is -2.06. The van der Waals surface area contributed by atoms with E-state index in [2.05, 4.69) is 4.74 Å². The molecule has 0 saturated carbocycles. The molecule has 2 aromatic rings. The minimum Gasteiger partial charge on any atom is -0.504 e. The van der Waals surface area contributed by atoms with Crippen molar-refractivity contribution in [2.75, 3.05) is 14.2 Å². The second kappa shape index (κ2) is 9.78.